The molecule has 0 radical (unpaired) electrons. The monoisotopic (exact) mass is 340 g/mol. The van der Waals surface area contributed by atoms with Gasteiger partial charge in [0.25, 0.3) is 0 Å². The number of aliphatic imine (C=N–C) groups is 1. The Morgan fingerprint density at radius 3 is 2.62 bits per heavy atom. The second-order valence-electron chi connectivity index (χ2n) is 7.41. The maximum atomic E-state index is 13.0. The van der Waals surface area contributed by atoms with E-state index < -0.39 is 0 Å². The molecule has 2 nitrogen and oxygen atoms in total. The average molecular weight is 340 g/mol. The van der Waals surface area contributed by atoms with Gasteiger partial charge in [0.05, 0.1) is 5.56 Å². The zero-order valence-electron chi connectivity index (χ0n) is 14.3. The predicted octanol–water partition coefficient (Wildman–Crippen LogP) is 5.66. The largest absolute Gasteiger partial charge is 0.244 e. The van der Waals surface area contributed by atoms with Crippen LogP contribution in [0.25, 0.3) is 0 Å². The van der Waals surface area contributed by atoms with Crippen LogP contribution in [0.2, 0.25) is 0 Å². The molecule has 0 unspecified atom stereocenters. The molecule has 1 aromatic heterocycles. The summed E-state index contributed by atoms with van der Waals surface area (Å²) in [5.74, 6) is 0.383. The number of rotatable bonds is 2. The molecule has 0 saturated heterocycles. The lowest BCUT2D eigenvalue weighted by atomic mass is 9.72. The van der Waals surface area contributed by atoms with Gasteiger partial charge in [0.15, 0.2) is 0 Å². The molecular weight excluding hydrogens is 319 g/mol. The van der Waals surface area contributed by atoms with Crippen molar-refractivity contribution >= 4 is 22.6 Å². The molecule has 0 fully saturated rings. The number of nitrogens with zero attached hydrogens (tertiary/aromatic N) is 2. The van der Waals surface area contributed by atoms with Crippen molar-refractivity contribution in [2.75, 3.05) is 0 Å². The molecule has 0 N–H and O–H groups in total. The normalized spacial score (nSPS) is 17.7. The molecule has 1 aromatic carbocycles. The van der Waals surface area contributed by atoms with Gasteiger partial charge in [0.2, 0.25) is 0 Å². The van der Waals surface area contributed by atoms with E-state index in [2.05, 4.69) is 31.8 Å². The molecule has 3 rings (SSSR count). The maximum Gasteiger partial charge on any atom is 0.134 e. The van der Waals surface area contributed by atoms with Crippen LogP contribution in [0.3, 0.4) is 0 Å². The van der Waals surface area contributed by atoms with E-state index in [0.29, 0.717) is 5.92 Å². The molecule has 1 aliphatic rings. The van der Waals surface area contributed by atoms with Crippen molar-refractivity contribution in [1.82, 2.24) is 0 Å². The molecule has 1 aliphatic carbocycles. The summed E-state index contributed by atoms with van der Waals surface area (Å²) in [5, 5.41) is 10.3. The zero-order valence-corrected chi connectivity index (χ0v) is 15.1. The van der Waals surface area contributed by atoms with Gasteiger partial charge in [0.1, 0.15) is 16.9 Å². The van der Waals surface area contributed by atoms with Gasteiger partial charge in [-0.05, 0) is 53.9 Å². The Bertz CT molecular complexity index is 804. The quantitative estimate of drug-likeness (QED) is 0.650. The van der Waals surface area contributed by atoms with Crippen LogP contribution in [-0.4, -0.2) is 6.21 Å². The summed E-state index contributed by atoms with van der Waals surface area (Å²) in [4.78, 5) is 5.83. The molecule has 1 heterocycles. The smallest absolute Gasteiger partial charge is 0.134 e. The molecule has 24 heavy (non-hydrogen) atoms. The van der Waals surface area contributed by atoms with E-state index in [4.69, 9.17) is 0 Å². The fourth-order valence-electron chi connectivity index (χ4n) is 3.20. The number of hydrogen-bond acceptors (Lipinski definition) is 3. The highest BCUT2D eigenvalue weighted by Crippen LogP contribution is 2.44. The Hall–Kier alpha value is -1.99. The van der Waals surface area contributed by atoms with Gasteiger partial charge < -0.3 is 0 Å². The fraction of sp³-hybridized carbons (Fsp3) is 0.400. The summed E-state index contributed by atoms with van der Waals surface area (Å²) in [6.45, 7) is 6.86. The van der Waals surface area contributed by atoms with Crippen molar-refractivity contribution in [3.63, 3.8) is 0 Å². The Labute approximate surface area is 146 Å². The van der Waals surface area contributed by atoms with Crippen LogP contribution in [0.5, 0.6) is 0 Å². The summed E-state index contributed by atoms with van der Waals surface area (Å²) < 4.78 is 13.0. The van der Waals surface area contributed by atoms with Gasteiger partial charge in [-0.25, -0.2) is 9.38 Å². The van der Waals surface area contributed by atoms with Gasteiger partial charge in [-0.15, -0.1) is 11.3 Å². The molecule has 124 valence electrons. The first kappa shape index (κ1) is 16.9. The van der Waals surface area contributed by atoms with Crippen LogP contribution in [0.1, 0.15) is 48.8 Å². The Morgan fingerprint density at radius 2 is 2.00 bits per heavy atom. The van der Waals surface area contributed by atoms with Crippen molar-refractivity contribution in [1.29, 1.82) is 5.26 Å². The molecule has 4 heteroatoms. The summed E-state index contributed by atoms with van der Waals surface area (Å²) in [6, 6.07) is 8.55. The predicted molar refractivity (Wildman–Crippen MR) is 97.7 cm³/mol. The average Bonchev–Trinajstić information content (AvgIpc) is 2.90. The van der Waals surface area contributed by atoms with E-state index in [1.807, 2.05) is 0 Å². The van der Waals surface area contributed by atoms with Crippen molar-refractivity contribution in [2.24, 2.45) is 16.3 Å². The van der Waals surface area contributed by atoms with Crippen LogP contribution in [0.4, 0.5) is 9.39 Å². The lowest BCUT2D eigenvalue weighted by Gasteiger charge is -2.33. The molecular formula is C20H21FN2S. The second kappa shape index (κ2) is 6.49. The van der Waals surface area contributed by atoms with E-state index in [9.17, 15) is 9.65 Å². The Balaban J connectivity index is 1.89. The van der Waals surface area contributed by atoms with Crippen LogP contribution < -0.4 is 0 Å². The van der Waals surface area contributed by atoms with Gasteiger partial charge >= 0.3 is 0 Å². The molecule has 0 bridgehead atoms. The summed E-state index contributed by atoms with van der Waals surface area (Å²) in [5.41, 5.74) is 3.03. The molecule has 1 atom stereocenters. The minimum atomic E-state index is -0.260. The standard InChI is InChI=1S/C20H21FN2S/c1-20(2,3)14-6-9-16-17(11-22)19(24-18(16)10-14)23-12-13-4-7-15(21)8-5-13/h4-5,7-8,12,14H,6,9-10H2,1-3H3/t14-/m1/s1. The Morgan fingerprint density at radius 1 is 1.29 bits per heavy atom. The fourth-order valence-corrected chi connectivity index (χ4v) is 4.42. The third-order valence-corrected chi connectivity index (χ3v) is 5.95. The van der Waals surface area contributed by atoms with Crippen molar-refractivity contribution < 1.29 is 4.39 Å². The number of hydrogen-bond donors (Lipinski definition) is 0. The molecule has 0 aliphatic heterocycles. The van der Waals surface area contributed by atoms with E-state index in [0.717, 1.165) is 35.4 Å². The van der Waals surface area contributed by atoms with Gasteiger partial charge in [-0.1, -0.05) is 32.9 Å². The number of benzene rings is 1. The lowest BCUT2D eigenvalue weighted by Crippen LogP contribution is -2.26. The second-order valence-corrected chi connectivity index (χ2v) is 8.49. The first-order valence-electron chi connectivity index (χ1n) is 8.22. The van der Waals surface area contributed by atoms with Crippen LogP contribution >= 0.6 is 11.3 Å². The van der Waals surface area contributed by atoms with Gasteiger partial charge in [-0.3, -0.25) is 0 Å². The highest BCUT2D eigenvalue weighted by molar-refractivity contribution is 7.16. The summed E-state index contributed by atoms with van der Waals surface area (Å²) in [6.07, 6.45) is 4.83. The van der Waals surface area contributed by atoms with Crippen LogP contribution in [0.15, 0.2) is 29.3 Å². The highest BCUT2D eigenvalue weighted by atomic mass is 32.1. The third-order valence-electron chi connectivity index (χ3n) is 4.78. The molecule has 2 aromatic rings. The van der Waals surface area contributed by atoms with E-state index in [1.165, 1.54) is 22.6 Å². The van der Waals surface area contributed by atoms with Gasteiger partial charge in [0, 0.05) is 11.1 Å². The van der Waals surface area contributed by atoms with Gasteiger partial charge in [-0.2, -0.15) is 5.26 Å². The first-order valence-corrected chi connectivity index (χ1v) is 9.04. The Kier molecular flexibility index (Phi) is 4.56. The zero-order chi connectivity index (χ0) is 17.3. The van der Waals surface area contributed by atoms with E-state index in [1.54, 1.807) is 29.7 Å². The SMILES string of the molecule is CC(C)(C)[C@@H]1CCc2c(sc(N=Cc3ccc(F)cc3)c2C#N)C1. The summed E-state index contributed by atoms with van der Waals surface area (Å²) in [7, 11) is 0. The lowest BCUT2D eigenvalue weighted by molar-refractivity contribution is 0.218. The van der Waals surface area contributed by atoms with E-state index in [-0.39, 0.29) is 11.2 Å². The van der Waals surface area contributed by atoms with Crippen LogP contribution in [-0.2, 0) is 12.8 Å². The van der Waals surface area contributed by atoms with Crippen molar-refractivity contribution in [3.8, 4) is 6.07 Å². The topological polar surface area (TPSA) is 36.1 Å². The third kappa shape index (κ3) is 3.42. The first-order chi connectivity index (χ1) is 11.4. The molecule has 0 amide bonds. The number of thiophene rings is 1. The summed E-state index contributed by atoms with van der Waals surface area (Å²) >= 11 is 1.63. The number of fused-ring (bicyclic) bond motifs is 1. The maximum absolute atomic E-state index is 13.0. The molecule has 0 saturated carbocycles. The minimum Gasteiger partial charge on any atom is -0.244 e. The van der Waals surface area contributed by atoms with Crippen molar-refractivity contribution in [3.05, 3.63) is 51.7 Å². The number of nitriles is 1. The molecule has 0 spiro atoms. The minimum absolute atomic E-state index is 0.260. The highest BCUT2D eigenvalue weighted by Gasteiger charge is 2.32. The van der Waals surface area contributed by atoms with Crippen molar-refractivity contribution in [2.45, 2.75) is 40.0 Å². The van der Waals surface area contributed by atoms with E-state index >= 15 is 0 Å². The van der Waals surface area contributed by atoms with Crippen LogP contribution in [0, 0.1) is 28.5 Å². The number of halogens is 1.